The molecule has 0 atom stereocenters. The number of rotatable bonds is 8. The number of benzene rings is 3. The van der Waals surface area contributed by atoms with E-state index in [-0.39, 0.29) is 17.9 Å². The number of non-ortho nitro benzene ring substituents is 1. The molecule has 0 saturated carbocycles. The molecule has 1 aliphatic heterocycles. The Balaban J connectivity index is 1.50. The van der Waals surface area contributed by atoms with Gasteiger partial charge in [-0.1, -0.05) is 42.5 Å². The minimum absolute atomic E-state index is 0.0758. The van der Waals surface area contributed by atoms with Crippen molar-refractivity contribution >= 4 is 40.8 Å². The van der Waals surface area contributed by atoms with Gasteiger partial charge in [0.15, 0.2) is 5.84 Å². The van der Waals surface area contributed by atoms with Gasteiger partial charge >= 0.3 is 0 Å². The van der Waals surface area contributed by atoms with Crippen molar-refractivity contribution < 1.29 is 14.5 Å². The predicted molar refractivity (Wildman–Crippen MR) is 138 cm³/mol. The highest BCUT2D eigenvalue weighted by molar-refractivity contribution is 6.19. The van der Waals surface area contributed by atoms with E-state index >= 15 is 0 Å². The number of amidine groups is 1. The van der Waals surface area contributed by atoms with E-state index in [0.29, 0.717) is 17.1 Å². The Bertz CT molecular complexity index is 1330. The van der Waals surface area contributed by atoms with Crippen LogP contribution >= 0.6 is 0 Å². The largest absolute Gasteiger partial charge is 0.378 e. The number of hydrogen-bond acceptors (Lipinski definition) is 7. The maximum atomic E-state index is 13.2. The highest BCUT2D eigenvalue weighted by Crippen LogP contribution is 2.22. The molecule has 36 heavy (non-hydrogen) atoms. The number of carbonyl (C=O) groups excluding carboxylic acids is 2. The Morgan fingerprint density at radius 1 is 1.03 bits per heavy atom. The molecule has 3 aromatic carbocycles. The summed E-state index contributed by atoms with van der Waals surface area (Å²) in [6, 6.07) is 22.4. The monoisotopic (exact) mass is 484 g/mol. The summed E-state index contributed by atoms with van der Waals surface area (Å²) in [5.74, 6) is -0.450. The molecule has 10 heteroatoms. The van der Waals surface area contributed by atoms with Gasteiger partial charge in [-0.3, -0.25) is 19.7 Å². The highest BCUT2D eigenvalue weighted by atomic mass is 16.6. The topological polar surface area (TPSA) is 120 Å². The van der Waals surface area contributed by atoms with Crippen LogP contribution in [0.4, 0.5) is 17.1 Å². The van der Waals surface area contributed by atoms with Crippen molar-refractivity contribution in [1.82, 2.24) is 10.4 Å². The molecule has 0 aromatic heterocycles. The number of anilines is 2. The molecule has 2 amide bonds. The van der Waals surface area contributed by atoms with E-state index in [4.69, 9.17) is 0 Å². The summed E-state index contributed by atoms with van der Waals surface area (Å²) in [6.07, 6.45) is 1.70. The van der Waals surface area contributed by atoms with E-state index in [1.54, 1.807) is 6.08 Å². The average molecular weight is 485 g/mol. The maximum Gasteiger partial charge on any atom is 0.292 e. The van der Waals surface area contributed by atoms with Crippen LogP contribution in [0, 0.1) is 10.1 Å². The first kappa shape index (κ1) is 24.3. The third kappa shape index (κ3) is 5.62. The van der Waals surface area contributed by atoms with Crippen LogP contribution in [-0.2, 0) is 9.59 Å². The first-order valence-electron chi connectivity index (χ1n) is 11.1. The van der Waals surface area contributed by atoms with Crippen LogP contribution in [0.3, 0.4) is 0 Å². The van der Waals surface area contributed by atoms with Gasteiger partial charge in [0, 0.05) is 43.2 Å². The summed E-state index contributed by atoms with van der Waals surface area (Å²) in [6.45, 7) is -0.223. The lowest BCUT2D eigenvalue weighted by Crippen LogP contribution is -2.47. The molecule has 4 rings (SSSR count). The van der Waals surface area contributed by atoms with Crippen molar-refractivity contribution in [3.8, 4) is 0 Å². The van der Waals surface area contributed by atoms with E-state index in [1.807, 2.05) is 73.6 Å². The molecule has 0 saturated heterocycles. The van der Waals surface area contributed by atoms with Crippen molar-refractivity contribution in [2.45, 2.75) is 0 Å². The number of hydrazine groups is 1. The van der Waals surface area contributed by atoms with Gasteiger partial charge in [-0.05, 0) is 35.9 Å². The van der Waals surface area contributed by atoms with Gasteiger partial charge in [-0.2, -0.15) is 0 Å². The van der Waals surface area contributed by atoms with Gasteiger partial charge < -0.3 is 10.2 Å². The molecule has 3 aromatic rings. The van der Waals surface area contributed by atoms with Crippen molar-refractivity contribution in [2.75, 3.05) is 30.9 Å². The van der Waals surface area contributed by atoms with E-state index in [0.717, 1.165) is 11.3 Å². The third-order valence-electron chi connectivity index (χ3n) is 5.36. The van der Waals surface area contributed by atoms with Gasteiger partial charge in [-0.15, -0.1) is 0 Å². The molecule has 182 valence electrons. The van der Waals surface area contributed by atoms with Crippen LogP contribution in [0.5, 0.6) is 0 Å². The summed E-state index contributed by atoms with van der Waals surface area (Å²) >= 11 is 0. The number of nitrogens with zero attached hydrogens (tertiary/aromatic N) is 4. The Morgan fingerprint density at radius 2 is 1.69 bits per heavy atom. The van der Waals surface area contributed by atoms with Crippen LogP contribution in [0.2, 0.25) is 0 Å². The van der Waals surface area contributed by atoms with E-state index in [1.165, 1.54) is 29.3 Å². The van der Waals surface area contributed by atoms with Crippen molar-refractivity contribution in [3.05, 3.63) is 106 Å². The lowest BCUT2D eigenvalue weighted by atomic mass is 10.1. The minimum Gasteiger partial charge on any atom is -0.378 e. The van der Waals surface area contributed by atoms with Gasteiger partial charge in [0.2, 0.25) is 5.91 Å². The van der Waals surface area contributed by atoms with E-state index in [2.05, 4.69) is 15.7 Å². The summed E-state index contributed by atoms with van der Waals surface area (Å²) in [5.41, 5.74) is 5.97. The number of amides is 2. The number of aliphatic imine (C=N–C) groups is 1. The van der Waals surface area contributed by atoms with E-state index < -0.39 is 16.7 Å². The molecule has 0 spiro atoms. The van der Waals surface area contributed by atoms with Crippen LogP contribution in [0.15, 0.2) is 89.6 Å². The van der Waals surface area contributed by atoms with Crippen LogP contribution in [0.25, 0.3) is 6.08 Å². The Morgan fingerprint density at radius 3 is 2.31 bits per heavy atom. The number of nitro benzene ring substituents is 1. The molecule has 0 radical (unpaired) electrons. The zero-order chi connectivity index (χ0) is 25.7. The number of nitrogens with one attached hydrogen (secondary N) is 2. The lowest BCUT2D eigenvalue weighted by molar-refractivity contribution is -0.384. The number of hydrogen-bond donors (Lipinski definition) is 2. The highest BCUT2D eigenvalue weighted by Gasteiger charge is 2.31. The van der Waals surface area contributed by atoms with Gasteiger partial charge in [0.05, 0.1) is 11.5 Å². The summed E-state index contributed by atoms with van der Waals surface area (Å²) in [4.78, 5) is 42.5. The zero-order valence-corrected chi connectivity index (χ0v) is 19.7. The first-order valence-corrected chi connectivity index (χ1v) is 11.1. The molecule has 1 heterocycles. The number of carbonyl (C=O) groups is 2. The fourth-order valence-corrected chi connectivity index (χ4v) is 3.49. The van der Waals surface area contributed by atoms with Gasteiger partial charge in [0.1, 0.15) is 5.70 Å². The molecule has 0 aliphatic carbocycles. The van der Waals surface area contributed by atoms with Crippen molar-refractivity contribution in [1.29, 1.82) is 0 Å². The standard InChI is InChI=1S/C26H24N6O4/c1-30(2)21-12-8-18(9-13-21)16-23-26(34)31(25(29-23)19-6-4-3-5-7-19)27-17-24(33)28-20-10-14-22(15-11-20)32(35)36/h3-16,27H,17H2,1-2H3,(H,28,33)/b23-16-. The molecule has 0 fully saturated rings. The van der Waals surface area contributed by atoms with Crippen molar-refractivity contribution in [2.24, 2.45) is 4.99 Å². The third-order valence-corrected chi connectivity index (χ3v) is 5.36. The zero-order valence-electron chi connectivity index (χ0n) is 19.7. The molecule has 0 unspecified atom stereocenters. The molecular formula is C26H24N6O4. The lowest BCUT2D eigenvalue weighted by Gasteiger charge is -2.19. The van der Waals surface area contributed by atoms with E-state index in [9.17, 15) is 19.7 Å². The minimum atomic E-state index is -0.516. The average Bonchev–Trinajstić information content (AvgIpc) is 3.18. The fraction of sp³-hybridized carbons (Fsp3) is 0.115. The second kappa shape index (κ2) is 10.6. The predicted octanol–water partition coefficient (Wildman–Crippen LogP) is 3.43. The Kier molecular flexibility index (Phi) is 7.17. The number of nitro groups is 1. The second-order valence-corrected chi connectivity index (χ2v) is 8.14. The van der Waals surface area contributed by atoms with Gasteiger partial charge in [0.25, 0.3) is 11.6 Å². The normalized spacial score (nSPS) is 14.1. The van der Waals surface area contributed by atoms with Crippen LogP contribution < -0.4 is 15.6 Å². The Hall–Kier alpha value is -4.83. The van der Waals surface area contributed by atoms with Crippen LogP contribution in [-0.4, -0.2) is 48.2 Å². The molecule has 10 nitrogen and oxygen atoms in total. The molecule has 1 aliphatic rings. The summed E-state index contributed by atoms with van der Waals surface area (Å²) in [7, 11) is 3.90. The first-order chi connectivity index (χ1) is 17.3. The molecular weight excluding hydrogens is 460 g/mol. The van der Waals surface area contributed by atoms with Gasteiger partial charge in [-0.25, -0.2) is 15.4 Å². The summed E-state index contributed by atoms with van der Waals surface area (Å²) < 4.78 is 0. The SMILES string of the molecule is CN(C)c1ccc(/C=C2\N=C(c3ccccc3)N(NCC(=O)Nc3ccc([N+](=O)[O-])cc3)C2=O)cc1. The fourth-order valence-electron chi connectivity index (χ4n) is 3.49. The quantitative estimate of drug-likeness (QED) is 0.287. The Labute approximate surface area is 207 Å². The molecule has 0 bridgehead atoms. The smallest absolute Gasteiger partial charge is 0.292 e. The molecule has 2 N–H and O–H groups in total. The maximum absolute atomic E-state index is 13.2. The van der Waals surface area contributed by atoms with Crippen molar-refractivity contribution in [3.63, 3.8) is 0 Å². The second-order valence-electron chi connectivity index (χ2n) is 8.14. The van der Waals surface area contributed by atoms with Crippen LogP contribution in [0.1, 0.15) is 11.1 Å². The summed E-state index contributed by atoms with van der Waals surface area (Å²) in [5, 5.41) is 14.7.